The molecule has 0 fully saturated rings. The van der Waals surface area contributed by atoms with Gasteiger partial charge in [-0.05, 0) is 28.4 Å². The number of thiophene rings is 1. The van der Waals surface area contributed by atoms with Gasteiger partial charge in [0.05, 0.1) is 6.54 Å². The van der Waals surface area contributed by atoms with Crippen LogP contribution >= 0.6 is 27.3 Å². The largest absolute Gasteiger partial charge is 0.481 e. The highest BCUT2D eigenvalue weighted by Gasteiger charge is 2.10. The molecular weight excluding hydrogens is 306 g/mol. The average Bonchev–Trinajstić information content (AvgIpc) is 2.63. The molecule has 1 amide bonds. The second kappa shape index (κ2) is 6.76. The van der Waals surface area contributed by atoms with E-state index in [0.29, 0.717) is 13.0 Å². The van der Waals surface area contributed by atoms with Gasteiger partial charge in [-0.1, -0.05) is 0 Å². The van der Waals surface area contributed by atoms with E-state index in [2.05, 4.69) is 15.9 Å². The van der Waals surface area contributed by atoms with Crippen molar-refractivity contribution < 1.29 is 14.7 Å². The van der Waals surface area contributed by atoms with Crippen LogP contribution in [0.5, 0.6) is 0 Å². The van der Waals surface area contributed by atoms with E-state index in [-0.39, 0.29) is 18.7 Å². The third-order valence-electron chi connectivity index (χ3n) is 2.22. The summed E-state index contributed by atoms with van der Waals surface area (Å²) in [7, 11) is 1.73. The molecule has 0 bridgehead atoms. The number of carbonyl (C=O) groups excluding carboxylic acids is 1. The molecule has 0 aliphatic rings. The maximum absolute atomic E-state index is 11.7. The Morgan fingerprint density at radius 3 is 2.71 bits per heavy atom. The fraction of sp³-hybridized carbons (Fsp3) is 0.455. The summed E-state index contributed by atoms with van der Waals surface area (Å²) in [5, 5.41) is 10.4. The lowest BCUT2D eigenvalue weighted by Gasteiger charge is -2.15. The number of amides is 1. The first kappa shape index (κ1) is 14.2. The average molecular weight is 320 g/mol. The number of hydrogen-bond donors (Lipinski definition) is 1. The minimum Gasteiger partial charge on any atom is -0.481 e. The molecule has 0 spiro atoms. The highest BCUT2D eigenvalue weighted by atomic mass is 79.9. The standard InChI is InChI=1S/C11H14BrNO3S/c1-13(6-9-5-8(12)7-17-9)10(14)3-2-4-11(15)16/h5,7H,2-4,6H2,1H3,(H,15,16). The molecule has 0 radical (unpaired) electrons. The highest BCUT2D eigenvalue weighted by Crippen LogP contribution is 2.21. The number of nitrogens with zero attached hydrogens (tertiary/aromatic N) is 1. The topological polar surface area (TPSA) is 57.6 Å². The van der Waals surface area contributed by atoms with Crippen LogP contribution in [-0.2, 0) is 16.1 Å². The van der Waals surface area contributed by atoms with Gasteiger partial charge in [-0.2, -0.15) is 0 Å². The van der Waals surface area contributed by atoms with E-state index in [0.717, 1.165) is 9.35 Å². The SMILES string of the molecule is CN(Cc1cc(Br)cs1)C(=O)CCCC(=O)O. The lowest BCUT2D eigenvalue weighted by atomic mass is 10.2. The number of carbonyl (C=O) groups is 2. The summed E-state index contributed by atoms with van der Waals surface area (Å²) in [6.45, 7) is 0.572. The molecule has 1 N–H and O–H groups in total. The first-order valence-electron chi connectivity index (χ1n) is 5.17. The summed E-state index contributed by atoms with van der Waals surface area (Å²) >= 11 is 4.95. The summed E-state index contributed by atoms with van der Waals surface area (Å²) in [4.78, 5) is 24.7. The quantitative estimate of drug-likeness (QED) is 0.877. The zero-order valence-corrected chi connectivity index (χ0v) is 11.9. The van der Waals surface area contributed by atoms with Crippen LogP contribution in [0.15, 0.2) is 15.9 Å². The summed E-state index contributed by atoms with van der Waals surface area (Å²) in [5.41, 5.74) is 0. The molecule has 0 aromatic carbocycles. The highest BCUT2D eigenvalue weighted by molar-refractivity contribution is 9.10. The molecule has 94 valence electrons. The minimum atomic E-state index is -0.859. The molecule has 0 saturated heterocycles. The smallest absolute Gasteiger partial charge is 0.303 e. The normalized spacial score (nSPS) is 10.2. The molecule has 1 aromatic rings. The van der Waals surface area contributed by atoms with Crippen LogP contribution in [0.25, 0.3) is 0 Å². The van der Waals surface area contributed by atoms with Crippen molar-refractivity contribution >= 4 is 39.1 Å². The lowest BCUT2D eigenvalue weighted by molar-refractivity contribution is -0.137. The first-order valence-corrected chi connectivity index (χ1v) is 6.85. The maximum Gasteiger partial charge on any atom is 0.303 e. The van der Waals surface area contributed by atoms with E-state index in [1.54, 1.807) is 23.3 Å². The maximum atomic E-state index is 11.7. The zero-order valence-electron chi connectivity index (χ0n) is 9.48. The van der Waals surface area contributed by atoms with Gasteiger partial charge in [0, 0.05) is 34.6 Å². The second-order valence-electron chi connectivity index (χ2n) is 3.73. The molecule has 1 heterocycles. The number of hydrogen-bond acceptors (Lipinski definition) is 3. The van der Waals surface area contributed by atoms with Gasteiger partial charge >= 0.3 is 5.97 Å². The summed E-state index contributed by atoms with van der Waals surface area (Å²) in [6.07, 6.45) is 0.728. The Labute approximate surface area is 112 Å². The number of aliphatic carboxylic acids is 1. The Morgan fingerprint density at radius 2 is 2.18 bits per heavy atom. The Balaban J connectivity index is 2.34. The van der Waals surface area contributed by atoms with Crippen molar-refractivity contribution in [2.45, 2.75) is 25.8 Å². The van der Waals surface area contributed by atoms with Crippen molar-refractivity contribution in [2.24, 2.45) is 0 Å². The third kappa shape index (κ3) is 5.32. The summed E-state index contributed by atoms with van der Waals surface area (Å²) < 4.78 is 1.02. The van der Waals surface area contributed by atoms with Gasteiger partial charge in [-0.25, -0.2) is 0 Å². The van der Waals surface area contributed by atoms with Crippen molar-refractivity contribution in [1.29, 1.82) is 0 Å². The van der Waals surface area contributed by atoms with Crippen LogP contribution in [0.2, 0.25) is 0 Å². The van der Waals surface area contributed by atoms with Gasteiger partial charge in [0.25, 0.3) is 0 Å². The van der Waals surface area contributed by atoms with Crippen molar-refractivity contribution in [2.75, 3.05) is 7.05 Å². The van der Waals surface area contributed by atoms with E-state index in [9.17, 15) is 9.59 Å². The molecule has 1 aromatic heterocycles. The number of rotatable bonds is 6. The second-order valence-corrected chi connectivity index (χ2v) is 5.64. The van der Waals surface area contributed by atoms with E-state index in [4.69, 9.17) is 5.11 Å². The fourth-order valence-corrected chi connectivity index (χ4v) is 2.84. The van der Waals surface area contributed by atoms with Crippen molar-refractivity contribution in [1.82, 2.24) is 4.90 Å². The van der Waals surface area contributed by atoms with Crippen molar-refractivity contribution in [3.8, 4) is 0 Å². The lowest BCUT2D eigenvalue weighted by Crippen LogP contribution is -2.25. The predicted molar refractivity (Wildman–Crippen MR) is 70.0 cm³/mol. The van der Waals surface area contributed by atoms with Crippen molar-refractivity contribution in [3.05, 3.63) is 20.8 Å². The molecule has 17 heavy (non-hydrogen) atoms. The van der Waals surface area contributed by atoms with E-state index in [1.807, 2.05) is 11.4 Å². The van der Waals surface area contributed by atoms with E-state index >= 15 is 0 Å². The third-order valence-corrected chi connectivity index (χ3v) is 3.90. The predicted octanol–water partition coefficient (Wildman–Crippen LogP) is 2.72. The van der Waals surface area contributed by atoms with Gasteiger partial charge in [0.2, 0.25) is 5.91 Å². The molecule has 6 heteroatoms. The molecule has 1 rings (SSSR count). The Morgan fingerprint density at radius 1 is 1.47 bits per heavy atom. The monoisotopic (exact) mass is 319 g/mol. The molecule has 0 unspecified atom stereocenters. The van der Waals surface area contributed by atoms with Gasteiger partial charge < -0.3 is 10.0 Å². The number of carboxylic acid groups (broad SMARTS) is 1. The van der Waals surface area contributed by atoms with Crippen LogP contribution in [-0.4, -0.2) is 28.9 Å². The van der Waals surface area contributed by atoms with Gasteiger partial charge in [-0.15, -0.1) is 11.3 Å². The molecular formula is C11H14BrNO3S. The van der Waals surface area contributed by atoms with E-state index < -0.39 is 5.97 Å². The minimum absolute atomic E-state index is 0.0178. The molecule has 0 atom stereocenters. The Hall–Kier alpha value is -0.880. The first-order chi connectivity index (χ1) is 7.99. The molecule has 4 nitrogen and oxygen atoms in total. The Kier molecular flexibility index (Phi) is 5.64. The van der Waals surface area contributed by atoms with Crippen molar-refractivity contribution in [3.63, 3.8) is 0 Å². The van der Waals surface area contributed by atoms with Crippen LogP contribution in [0.3, 0.4) is 0 Å². The number of halogens is 1. The fourth-order valence-electron chi connectivity index (χ4n) is 1.34. The summed E-state index contributed by atoms with van der Waals surface area (Å²) in [6, 6.07) is 1.98. The van der Waals surface area contributed by atoms with Crippen LogP contribution in [0, 0.1) is 0 Å². The van der Waals surface area contributed by atoms with Gasteiger partial charge in [0.1, 0.15) is 0 Å². The molecule has 0 aliphatic carbocycles. The van der Waals surface area contributed by atoms with Crippen LogP contribution in [0.4, 0.5) is 0 Å². The molecule has 0 aliphatic heterocycles. The van der Waals surface area contributed by atoms with Crippen LogP contribution in [0.1, 0.15) is 24.1 Å². The van der Waals surface area contributed by atoms with Crippen LogP contribution < -0.4 is 0 Å². The Bertz CT molecular complexity index is 405. The van der Waals surface area contributed by atoms with Gasteiger partial charge in [-0.3, -0.25) is 9.59 Å². The number of carboxylic acids is 1. The molecule has 0 saturated carbocycles. The zero-order chi connectivity index (χ0) is 12.8. The summed E-state index contributed by atoms with van der Waals surface area (Å²) in [5.74, 6) is -0.876. The van der Waals surface area contributed by atoms with E-state index in [1.165, 1.54) is 0 Å². The van der Waals surface area contributed by atoms with Gasteiger partial charge in [0.15, 0.2) is 0 Å².